The lowest BCUT2D eigenvalue weighted by Gasteiger charge is -2.08. The Kier molecular flexibility index (Phi) is 3.00. The van der Waals surface area contributed by atoms with Crippen LogP contribution in [0.4, 0.5) is 8.78 Å². The van der Waals surface area contributed by atoms with E-state index in [1.165, 1.54) is 19.1 Å². The maximum absolute atomic E-state index is 13.6. The summed E-state index contributed by atoms with van der Waals surface area (Å²) in [6.07, 6.45) is 0. The SMILES string of the molecule is CC(=O)c1ccccc1-c1cccc(F)c1F. The second kappa shape index (κ2) is 4.45. The van der Waals surface area contributed by atoms with Gasteiger partial charge in [0.25, 0.3) is 0 Å². The molecule has 0 aliphatic carbocycles. The van der Waals surface area contributed by atoms with Gasteiger partial charge >= 0.3 is 0 Å². The number of carbonyl (C=O) groups is 1. The molecular formula is C14H10F2O. The predicted molar refractivity (Wildman–Crippen MR) is 61.8 cm³/mol. The van der Waals surface area contributed by atoms with E-state index in [4.69, 9.17) is 0 Å². The minimum Gasteiger partial charge on any atom is -0.294 e. The molecule has 0 saturated heterocycles. The Morgan fingerprint density at radius 3 is 2.29 bits per heavy atom. The number of ketones is 1. The molecule has 0 amide bonds. The summed E-state index contributed by atoms with van der Waals surface area (Å²) < 4.78 is 26.8. The molecule has 0 N–H and O–H groups in total. The van der Waals surface area contributed by atoms with Gasteiger partial charge in [-0.15, -0.1) is 0 Å². The molecule has 0 unspecified atom stereocenters. The van der Waals surface area contributed by atoms with Crippen LogP contribution in [0.2, 0.25) is 0 Å². The Labute approximate surface area is 97.7 Å². The van der Waals surface area contributed by atoms with E-state index >= 15 is 0 Å². The largest absolute Gasteiger partial charge is 0.294 e. The molecule has 86 valence electrons. The summed E-state index contributed by atoms with van der Waals surface area (Å²) in [5.74, 6) is -2.02. The molecule has 0 aromatic heterocycles. The summed E-state index contributed by atoms with van der Waals surface area (Å²) in [5, 5.41) is 0. The average Bonchev–Trinajstić information content (AvgIpc) is 2.33. The highest BCUT2D eigenvalue weighted by atomic mass is 19.2. The van der Waals surface area contributed by atoms with Gasteiger partial charge < -0.3 is 0 Å². The Balaban J connectivity index is 2.69. The molecule has 0 heterocycles. The van der Waals surface area contributed by atoms with Gasteiger partial charge in [-0.1, -0.05) is 36.4 Å². The molecule has 1 nitrogen and oxygen atoms in total. The minimum absolute atomic E-state index is 0.107. The molecule has 2 aromatic rings. The van der Waals surface area contributed by atoms with Crippen LogP contribution < -0.4 is 0 Å². The normalized spacial score (nSPS) is 10.3. The van der Waals surface area contributed by atoms with Gasteiger partial charge in [0.2, 0.25) is 0 Å². The Morgan fingerprint density at radius 2 is 1.59 bits per heavy atom. The molecule has 0 atom stereocenters. The highest BCUT2D eigenvalue weighted by Gasteiger charge is 2.14. The molecular weight excluding hydrogens is 222 g/mol. The molecule has 0 radical (unpaired) electrons. The second-order valence-electron chi connectivity index (χ2n) is 3.70. The topological polar surface area (TPSA) is 17.1 Å². The lowest BCUT2D eigenvalue weighted by Crippen LogP contribution is -1.98. The molecule has 3 heteroatoms. The summed E-state index contributed by atoms with van der Waals surface area (Å²) in [4.78, 5) is 11.4. The van der Waals surface area contributed by atoms with Crippen molar-refractivity contribution < 1.29 is 13.6 Å². The van der Waals surface area contributed by atoms with E-state index in [9.17, 15) is 13.6 Å². The first kappa shape index (κ1) is 11.5. The smallest absolute Gasteiger partial charge is 0.166 e. The van der Waals surface area contributed by atoms with Gasteiger partial charge in [-0.05, 0) is 18.6 Å². The van der Waals surface area contributed by atoms with Gasteiger partial charge in [0.05, 0.1) is 0 Å². The summed E-state index contributed by atoms with van der Waals surface area (Å²) in [6.45, 7) is 1.40. The van der Waals surface area contributed by atoms with Gasteiger partial charge in [-0.3, -0.25) is 4.79 Å². The van der Waals surface area contributed by atoms with Gasteiger partial charge in [-0.2, -0.15) is 0 Å². The predicted octanol–water partition coefficient (Wildman–Crippen LogP) is 3.83. The number of hydrogen-bond donors (Lipinski definition) is 0. The third-order valence-corrected chi connectivity index (χ3v) is 2.55. The fourth-order valence-electron chi connectivity index (χ4n) is 1.74. The van der Waals surface area contributed by atoms with Crippen LogP contribution in [0.5, 0.6) is 0 Å². The standard InChI is InChI=1S/C14H10F2O/c1-9(17)10-5-2-3-6-11(10)12-7-4-8-13(15)14(12)16/h2-8H,1H3. The lowest BCUT2D eigenvalue weighted by molar-refractivity contribution is 0.101. The number of hydrogen-bond acceptors (Lipinski definition) is 1. The summed E-state index contributed by atoms with van der Waals surface area (Å²) in [5.41, 5.74) is 0.907. The highest BCUT2D eigenvalue weighted by Crippen LogP contribution is 2.27. The van der Waals surface area contributed by atoms with Crippen LogP contribution in [-0.4, -0.2) is 5.78 Å². The van der Waals surface area contributed by atoms with Crippen molar-refractivity contribution in [1.82, 2.24) is 0 Å². The fourth-order valence-corrected chi connectivity index (χ4v) is 1.74. The van der Waals surface area contributed by atoms with Gasteiger partial charge in [-0.25, -0.2) is 8.78 Å². The van der Waals surface area contributed by atoms with Gasteiger partial charge in [0.15, 0.2) is 17.4 Å². The average molecular weight is 232 g/mol. The van der Waals surface area contributed by atoms with E-state index in [2.05, 4.69) is 0 Å². The van der Waals surface area contributed by atoms with Crippen molar-refractivity contribution in [3.8, 4) is 11.1 Å². The maximum Gasteiger partial charge on any atom is 0.166 e. The van der Waals surface area contributed by atoms with Crippen molar-refractivity contribution in [2.45, 2.75) is 6.92 Å². The molecule has 2 aromatic carbocycles. The first-order valence-electron chi connectivity index (χ1n) is 5.15. The van der Waals surface area contributed by atoms with Crippen LogP contribution in [0, 0.1) is 11.6 Å². The molecule has 0 bridgehead atoms. The summed E-state index contributed by atoms with van der Waals surface area (Å²) >= 11 is 0. The van der Waals surface area contributed by atoms with Crippen LogP contribution in [0.15, 0.2) is 42.5 Å². The Morgan fingerprint density at radius 1 is 0.941 bits per heavy atom. The molecule has 17 heavy (non-hydrogen) atoms. The van der Waals surface area contributed by atoms with Crippen LogP contribution >= 0.6 is 0 Å². The fraction of sp³-hybridized carbons (Fsp3) is 0.0714. The monoisotopic (exact) mass is 232 g/mol. The third kappa shape index (κ3) is 2.09. The molecule has 0 spiro atoms. The zero-order valence-electron chi connectivity index (χ0n) is 9.21. The third-order valence-electron chi connectivity index (χ3n) is 2.55. The highest BCUT2D eigenvalue weighted by molar-refractivity contribution is 6.00. The van der Waals surface area contributed by atoms with Crippen LogP contribution in [0.3, 0.4) is 0 Å². The van der Waals surface area contributed by atoms with E-state index in [1.807, 2.05) is 0 Å². The van der Waals surface area contributed by atoms with Crippen molar-refractivity contribution in [2.75, 3.05) is 0 Å². The quantitative estimate of drug-likeness (QED) is 0.719. The zero-order chi connectivity index (χ0) is 12.4. The molecule has 0 aliphatic rings. The molecule has 2 rings (SSSR count). The van der Waals surface area contributed by atoms with E-state index in [1.54, 1.807) is 24.3 Å². The number of carbonyl (C=O) groups excluding carboxylic acids is 1. The van der Waals surface area contributed by atoms with Crippen LogP contribution in [-0.2, 0) is 0 Å². The maximum atomic E-state index is 13.6. The number of halogens is 2. The number of benzene rings is 2. The minimum atomic E-state index is -0.929. The first-order chi connectivity index (χ1) is 8.11. The Hall–Kier alpha value is -2.03. The van der Waals surface area contributed by atoms with Crippen molar-refractivity contribution in [3.63, 3.8) is 0 Å². The van der Waals surface area contributed by atoms with Crippen molar-refractivity contribution in [1.29, 1.82) is 0 Å². The van der Waals surface area contributed by atoms with E-state index in [-0.39, 0.29) is 11.3 Å². The first-order valence-corrected chi connectivity index (χ1v) is 5.15. The van der Waals surface area contributed by atoms with Crippen molar-refractivity contribution in [3.05, 3.63) is 59.7 Å². The van der Waals surface area contributed by atoms with Crippen molar-refractivity contribution >= 4 is 5.78 Å². The zero-order valence-corrected chi connectivity index (χ0v) is 9.21. The summed E-state index contributed by atoms with van der Waals surface area (Å²) in [7, 11) is 0. The van der Waals surface area contributed by atoms with Crippen LogP contribution in [0.1, 0.15) is 17.3 Å². The van der Waals surface area contributed by atoms with Crippen molar-refractivity contribution in [2.24, 2.45) is 0 Å². The second-order valence-corrected chi connectivity index (χ2v) is 3.70. The number of rotatable bonds is 2. The van der Waals surface area contributed by atoms with Gasteiger partial charge in [0, 0.05) is 11.1 Å². The molecule has 0 aliphatic heterocycles. The molecule has 0 saturated carbocycles. The van der Waals surface area contributed by atoms with Crippen LogP contribution in [0.25, 0.3) is 11.1 Å². The van der Waals surface area contributed by atoms with E-state index in [0.717, 1.165) is 6.07 Å². The molecule has 0 fully saturated rings. The van der Waals surface area contributed by atoms with Gasteiger partial charge in [0.1, 0.15) is 0 Å². The summed E-state index contributed by atoms with van der Waals surface area (Å²) in [6, 6.07) is 10.5. The lowest BCUT2D eigenvalue weighted by atomic mass is 9.97. The number of Topliss-reactive ketones (excluding diaryl/α,β-unsaturated/α-hetero) is 1. The Bertz CT molecular complexity index is 576. The van der Waals surface area contributed by atoms with E-state index < -0.39 is 11.6 Å². The van der Waals surface area contributed by atoms with E-state index in [0.29, 0.717) is 11.1 Å².